The van der Waals surface area contributed by atoms with Crippen molar-refractivity contribution in [2.45, 2.75) is 18.2 Å². The summed E-state index contributed by atoms with van der Waals surface area (Å²) in [6.07, 6.45) is 0.606. The molecule has 8 nitrogen and oxygen atoms in total. The van der Waals surface area contributed by atoms with Gasteiger partial charge in [0, 0.05) is 39.6 Å². The average molecular weight is 368 g/mol. The summed E-state index contributed by atoms with van der Waals surface area (Å²) in [5, 5.41) is 7.90. The van der Waals surface area contributed by atoms with Crippen molar-refractivity contribution >= 4 is 21.8 Å². The number of nitrogens with one attached hydrogen (secondary N) is 1. The van der Waals surface area contributed by atoms with E-state index in [0.29, 0.717) is 45.7 Å². The molecule has 2 amide bonds. The number of amides is 2. The lowest BCUT2D eigenvalue weighted by Gasteiger charge is -2.33. The molecule has 1 aliphatic rings. The van der Waals surface area contributed by atoms with E-state index in [4.69, 9.17) is 5.14 Å². The lowest BCUT2D eigenvalue weighted by atomic mass is 10.1. The monoisotopic (exact) mass is 368 g/mol. The Kier molecular flexibility index (Phi) is 6.51. The van der Waals surface area contributed by atoms with Gasteiger partial charge < -0.3 is 10.2 Å². The first-order valence-corrected chi connectivity index (χ1v) is 9.66. The van der Waals surface area contributed by atoms with Crippen molar-refractivity contribution in [3.8, 4) is 0 Å². The molecule has 0 unspecified atom stereocenters. The topological polar surface area (TPSA) is 113 Å². The van der Waals surface area contributed by atoms with Crippen molar-refractivity contribution in [1.82, 2.24) is 15.1 Å². The third-order valence-corrected chi connectivity index (χ3v) is 5.10. The third-order valence-electron chi connectivity index (χ3n) is 4.17. The molecule has 9 heteroatoms. The number of hydrogen-bond acceptors (Lipinski definition) is 5. The number of nitrogens with two attached hydrogens (primary N) is 1. The van der Waals surface area contributed by atoms with Gasteiger partial charge in [0.2, 0.25) is 21.8 Å². The first kappa shape index (κ1) is 19.4. The van der Waals surface area contributed by atoms with Crippen LogP contribution < -0.4 is 10.5 Å². The summed E-state index contributed by atoms with van der Waals surface area (Å²) in [5.41, 5.74) is 0.919. The highest BCUT2D eigenvalue weighted by Gasteiger charge is 2.20. The highest BCUT2D eigenvalue weighted by Crippen LogP contribution is 2.09. The van der Waals surface area contributed by atoms with E-state index < -0.39 is 10.0 Å². The SMILES string of the molecule is CC(=O)N1CCN(CC(=O)NCCc2ccc(S(N)(=O)=O)cc2)CC1. The van der Waals surface area contributed by atoms with Crippen molar-refractivity contribution in [3.63, 3.8) is 0 Å². The molecule has 0 bridgehead atoms. The van der Waals surface area contributed by atoms with Crippen LogP contribution in [0.3, 0.4) is 0 Å². The molecule has 0 radical (unpaired) electrons. The van der Waals surface area contributed by atoms with E-state index in [1.54, 1.807) is 24.0 Å². The van der Waals surface area contributed by atoms with E-state index in [1.165, 1.54) is 12.1 Å². The van der Waals surface area contributed by atoms with Crippen LogP contribution in [-0.4, -0.2) is 69.3 Å². The molecular weight excluding hydrogens is 344 g/mol. The maximum atomic E-state index is 12.0. The summed E-state index contributed by atoms with van der Waals surface area (Å²) >= 11 is 0. The summed E-state index contributed by atoms with van der Waals surface area (Å²) < 4.78 is 22.4. The maximum Gasteiger partial charge on any atom is 0.238 e. The van der Waals surface area contributed by atoms with Crippen molar-refractivity contribution in [1.29, 1.82) is 0 Å². The van der Waals surface area contributed by atoms with E-state index >= 15 is 0 Å². The van der Waals surface area contributed by atoms with Gasteiger partial charge in [-0.3, -0.25) is 14.5 Å². The number of carbonyl (C=O) groups is 2. The third kappa shape index (κ3) is 6.11. The minimum absolute atomic E-state index is 0.0579. The number of carbonyl (C=O) groups excluding carboxylic acids is 2. The van der Waals surface area contributed by atoms with Crippen LogP contribution in [0.15, 0.2) is 29.2 Å². The van der Waals surface area contributed by atoms with Crippen molar-refractivity contribution in [3.05, 3.63) is 29.8 Å². The van der Waals surface area contributed by atoms with Gasteiger partial charge in [-0.1, -0.05) is 12.1 Å². The fourth-order valence-corrected chi connectivity index (χ4v) is 3.19. The van der Waals surface area contributed by atoms with Crippen LogP contribution >= 0.6 is 0 Å². The molecule has 1 heterocycles. The van der Waals surface area contributed by atoms with Crippen LogP contribution in [0.25, 0.3) is 0 Å². The molecule has 0 spiro atoms. The van der Waals surface area contributed by atoms with Gasteiger partial charge in [-0.05, 0) is 24.1 Å². The smallest absolute Gasteiger partial charge is 0.238 e. The number of hydrogen-bond donors (Lipinski definition) is 2. The average Bonchev–Trinajstić information content (AvgIpc) is 2.55. The fraction of sp³-hybridized carbons (Fsp3) is 0.500. The minimum Gasteiger partial charge on any atom is -0.355 e. The largest absolute Gasteiger partial charge is 0.355 e. The molecule has 0 atom stereocenters. The van der Waals surface area contributed by atoms with Crippen LogP contribution in [0.4, 0.5) is 0 Å². The number of nitrogens with zero attached hydrogens (tertiary/aromatic N) is 2. The molecule has 0 saturated carbocycles. The zero-order chi connectivity index (χ0) is 18.4. The second-order valence-corrected chi connectivity index (χ2v) is 7.63. The van der Waals surface area contributed by atoms with E-state index in [-0.39, 0.29) is 16.7 Å². The Bertz CT molecular complexity index is 710. The Morgan fingerprint density at radius 3 is 2.24 bits per heavy atom. The Balaban J connectivity index is 1.70. The second-order valence-electron chi connectivity index (χ2n) is 6.07. The molecule has 1 fully saturated rings. The first-order chi connectivity index (χ1) is 11.8. The molecule has 2 rings (SSSR count). The zero-order valence-corrected chi connectivity index (χ0v) is 15.1. The summed E-state index contributed by atoms with van der Waals surface area (Å²) in [4.78, 5) is 27.1. The van der Waals surface area contributed by atoms with Crippen LogP contribution in [0.5, 0.6) is 0 Å². The molecule has 1 aliphatic heterocycles. The summed E-state index contributed by atoms with van der Waals surface area (Å²) in [7, 11) is -3.68. The van der Waals surface area contributed by atoms with Gasteiger partial charge in [0.15, 0.2) is 0 Å². The highest BCUT2D eigenvalue weighted by molar-refractivity contribution is 7.89. The Hall–Kier alpha value is -1.97. The van der Waals surface area contributed by atoms with Gasteiger partial charge >= 0.3 is 0 Å². The second kappa shape index (κ2) is 8.41. The van der Waals surface area contributed by atoms with E-state index in [0.717, 1.165) is 5.56 Å². The van der Waals surface area contributed by atoms with Gasteiger partial charge in [0.1, 0.15) is 0 Å². The van der Waals surface area contributed by atoms with Crippen molar-refractivity contribution in [2.75, 3.05) is 39.3 Å². The van der Waals surface area contributed by atoms with Gasteiger partial charge in [-0.2, -0.15) is 0 Å². The van der Waals surface area contributed by atoms with Crippen LogP contribution in [0.1, 0.15) is 12.5 Å². The number of rotatable bonds is 6. The van der Waals surface area contributed by atoms with E-state index in [9.17, 15) is 18.0 Å². The van der Waals surface area contributed by atoms with E-state index in [1.807, 2.05) is 4.90 Å². The lowest BCUT2D eigenvalue weighted by molar-refractivity contribution is -0.131. The summed E-state index contributed by atoms with van der Waals surface area (Å²) in [6.45, 7) is 5.04. The quantitative estimate of drug-likeness (QED) is 0.680. The normalized spacial score (nSPS) is 15.8. The number of benzene rings is 1. The van der Waals surface area contributed by atoms with Crippen LogP contribution in [-0.2, 0) is 26.0 Å². The Morgan fingerprint density at radius 2 is 1.72 bits per heavy atom. The summed E-state index contributed by atoms with van der Waals surface area (Å²) in [5.74, 6) is 0.00925. The lowest BCUT2D eigenvalue weighted by Crippen LogP contribution is -2.50. The van der Waals surface area contributed by atoms with Crippen LogP contribution in [0, 0.1) is 0 Å². The van der Waals surface area contributed by atoms with Crippen LogP contribution in [0.2, 0.25) is 0 Å². The Labute approximate surface area is 148 Å². The molecule has 0 aromatic heterocycles. The Morgan fingerprint density at radius 1 is 1.12 bits per heavy atom. The minimum atomic E-state index is -3.68. The predicted molar refractivity (Wildman–Crippen MR) is 93.2 cm³/mol. The molecular formula is C16H24N4O4S. The molecule has 1 aromatic rings. The predicted octanol–water partition coefficient (Wildman–Crippen LogP) is -0.843. The standard InChI is InChI=1S/C16H24N4O4S/c1-13(21)20-10-8-19(9-11-20)12-16(22)18-7-6-14-2-4-15(5-3-14)25(17,23)24/h2-5H,6-12H2,1H3,(H,18,22)(H2,17,23,24). The van der Waals surface area contributed by atoms with Crippen molar-refractivity contribution < 1.29 is 18.0 Å². The van der Waals surface area contributed by atoms with E-state index in [2.05, 4.69) is 5.32 Å². The van der Waals surface area contributed by atoms with Gasteiger partial charge in [-0.15, -0.1) is 0 Å². The first-order valence-electron chi connectivity index (χ1n) is 8.12. The number of sulfonamides is 1. The fourth-order valence-electron chi connectivity index (χ4n) is 2.67. The van der Waals surface area contributed by atoms with Crippen molar-refractivity contribution in [2.24, 2.45) is 5.14 Å². The number of primary sulfonamides is 1. The molecule has 25 heavy (non-hydrogen) atoms. The molecule has 3 N–H and O–H groups in total. The zero-order valence-electron chi connectivity index (χ0n) is 14.3. The molecule has 138 valence electrons. The van der Waals surface area contributed by atoms with Gasteiger partial charge in [0.05, 0.1) is 11.4 Å². The maximum absolute atomic E-state index is 12.0. The van der Waals surface area contributed by atoms with Gasteiger partial charge in [0.25, 0.3) is 0 Å². The number of piperazine rings is 1. The highest BCUT2D eigenvalue weighted by atomic mass is 32.2. The van der Waals surface area contributed by atoms with Gasteiger partial charge in [-0.25, -0.2) is 13.6 Å². The molecule has 1 aromatic carbocycles. The molecule has 1 saturated heterocycles. The molecule has 0 aliphatic carbocycles. The summed E-state index contributed by atoms with van der Waals surface area (Å²) in [6, 6.07) is 6.29.